The third-order valence-corrected chi connectivity index (χ3v) is 5.41. The molecule has 0 N–H and O–H groups in total. The average Bonchev–Trinajstić information content (AvgIpc) is 2.68. The third-order valence-electron chi connectivity index (χ3n) is 5.41. The molecule has 0 aliphatic carbocycles. The Labute approximate surface area is 186 Å². The molecule has 30 heavy (non-hydrogen) atoms. The number of ether oxygens (including phenoxy) is 2. The van der Waals surface area contributed by atoms with Gasteiger partial charge in [-0.25, -0.2) is 0 Å². The summed E-state index contributed by atoms with van der Waals surface area (Å²) in [7, 11) is 0. The maximum absolute atomic E-state index is 11.7. The fourth-order valence-electron chi connectivity index (χ4n) is 3.74. The van der Waals surface area contributed by atoms with Gasteiger partial charge in [-0.2, -0.15) is 0 Å². The monoisotopic (exact) mass is 426 g/mol. The molecule has 0 bridgehead atoms. The first-order valence-corrected chi connectivity index (χ1v) is 12.8. The van der Waals surface area contributed by atoms with Crippen LogP contribution in [0.25, 0.3) is 0 Å². The van der Waals surface area contributed by atoms with Gasteiger partial charge in [0.25, 0.3) is 0 Å². The van der Waals surface area contributed by atoms with Crippen LogP contribution in [0.15, 0.2) is 0 Å². The van der Waals surface area contributed by atoms with E-state index in [0.29, 0.717) is 38.2 Å². The minimum Gasteiger partial charge on any atom is -0.466 e. The van der Waals surface area contributed by atoms with Crippen LogP contribution < -0.4 is 0 Å². The van der Waals surface area contributed by atoms with Gasteiger partial charge in [0.1, 0.15) is 0 Å². The summed E-state index contributed by atoms with van der Waals surface area (Å²) in [6.07, 6.45) is 18.7. The van der Waals surface area contributed by atoms with Gasteiger partial charge in [-0.3, -0.25) is 9.59 Å². The minimum atomic E-state index is -0.159. The number of rotatable bonds is 21. The van der Waals surface area contributed by atoms with Crippen molar-refractivity contribution < 1.29 is 19.1 Å². The molecule has 0 fully saturated rings. The maximum Gasteiger partial charge on any atom is 0.306 e. The first-order valence-electron chi connectivity index (χ1n) is 12.8. The Kier molecular flexibility index (Phi) is 20.4. The Bertz CT molecular complexity index is 406. The topological polar surface area (TPSA) is 52.6 Å². The number of carbonyl (C=O) groups excluding carboxylic acids is 2. The lowest BCUT2D eigenvalue weighted by atomic mass is 10.1. The van der Waals surface area contributed by atoms with Crippen LogP contribution in [0, 0.1) is 5.92 Å². The second-order valence-electron chi connectivity index (χ2n) is 9.25. The molecule has 0 rings (SSSR count). The first-order chi connectivity index (χ1) is 14.5. The summed E-state index contributed by atoms with van der Waals surface area (Å²) in [6, 6.07) is 0. The molecule has 0 heterocycles. The van der Waals surface area contributed by atoms with Crippen molar-refractivity contribution in [3.63, 3.8) is 0 Å². The smallest absolute Gasteiger partial charge is 0.306 e. The molecule has 0 aromatic heterocycles. The molecule has 0 saturated carbocycles. The highest BCUT2D eigenvalue weighted by atomic mass is 16.5. The van der Waals surface area contributed by atoms with Crippen molar-refractivity contribution in [2.45, 2.75) is 143 Å². The number of hydrogen-bond donors (Lipinski definition) is 0. The van der Waals surface area contributed by atoms with Crippen LogP contribution in [0.4, 0.5) is 0 Å². The van der Waals surface area contributed by atoms with Crippen LogP contribution in [0.2, 0.25) is 0 Å². The van der Waals surface area contributed by atoms with Gasteiger partial charge in [-0.05, 0) is 38.5 Å². The molecule has 1 unspecified atom stereocenters. The molecule has 1 atom stereocenters. The van der Waals surface area contributed by atoms with Crippen molar-refractivity contribution in [1.29, 1.82) is 0 Å². The van der Waals surface area contributed by atoms with E-state index >= 15 is 0 Å². The highest BCUT2D eigenvalue weighted by molar-refractivity contribution is 5.70. The van der Waals surface area contributed by atoms with Crippen LogP contribution in [-0.4, -0.2) is 24.6 Å². The van der Waals surface area contributed by atoms with Gasteiger partial charge < -0.3 is 9.47 Å². The molecule has 0 aliphatic rings. The van der Waals surface area contributed by atoms with E-state index in [-0.39, 0.29) is 18.0 Å². The summed E-state index contributed by atoms with van der Waals surface area (Å²) in [6.45, 7) is 8.97. The average molecular weight is 427 g/mol. The molecule has 0 saturated heterocycles. The highest BCUT2D eigenvalue weighted by Crippen LogP contribution is 2.13. The van der Waals surface area contributed by atoms with Crippen molar-refractivity contribution in [1.82, 2.24) is 0 Å². The normalized spacial score (nSPS) is 12.2. The molecule has 4 heteroatoms. The summed E-state index contributed by atoms with van der Waals surface area (Å²) in [5, 5.41) is 0. The number of unbranched alkanes of at least 4 members (excludes halogenated alkanes) is 12. The Hall–Kier alpha value is -1.06. The van der Waals surface area contributed by atoms with Crippen LogP contribution in [0.3, 0.4) is 0 Å². The molecule has 4 nitrogen and oxygen atoms in total. The van der Waals surface area contributed by atoms with E-state index in [2.05, 4.69) is 20.8 Å². The highest BCUT2D eigenvalue weighted by Gasteiger charge is 2.11. The Morgan fingerprint density at radius 3 is 1.60 bits per heavy atom. The molecule has 178 valence electrons. The van der Waals surface area contributed by atoms with Gasteiger partial charge in [0.05, 0.1) is 12.7 Å². The van der Waals surface area contributed by atoms with E-state index in [9.17, 15) is 9.59 Å². The van der Waals surface area contributed by atoms with Crippen LogP contribution in [0.5, 0.6) is 0 Å². The molecular weight excluding hydrogens is 376 g/mol. The van der Waals surface area contributed by atoms with E-state index in [4.69, 9.17) is 9.47 Å². The summed E-state index contributed by atoms with van der Waals surface area (Å²) in [4.78, 5) is 23.5. The second-order valence-corrected chi connectivity index (χ2v) is 9.25. The standard InChI is InChI=1S/C26H50O4/c1-5-6-7-8-9-10-11-12-13-14-15-18-21-29-25(27)19-16-17-20-26(28)30-24(4)22-23(2)3/h23-24H,5-22H2,1-4H3. The van der Waals surface area contributed by atoms with Crippen molar-refractivity contribution in [3.05, 3.63) is 0 Å². The Morgan fingerprint density at radius 2 is 1.10 bits per heavy atom. The minimum absolute atomic E-state index is 0.0296. The fourth-order valence-corrected chi connectivity index (χ4v) is 3.74. The first kappa shape index (κ1) is 28.9. The van der Waals surface area contributed by atoms with E-state index in [1.54, 1.807) is 0 Å². The van der Waals surface area contributed by atoms with Crippen LogP contribution in [-0.2, 0) is 19.1 Å². The number of esters is 2. The van der Waals surface area contributed by atoms with E-state index < -0.39 is 0 Å². The number of carbonyl (C=O) groups is 2. The second kappa shape index (κ2) is 21.2. The van der Waals surface area contributed by atoms with E-state index in [1.807, 2.05) is 6.92 Å². The third kappa shape index (κ3) is 21.6. The zero-order valence-electron chi connectivity index (χ0n) is 20.5. The fraction of sp³-hybridized carbons (Fsp3) is 0.923. The maximum atomic E-state index is 11.7. The molecule has 0 aromatic rings. The zero-order valence-corrected chi connectivity index (χ0v) is 20.5. The van der Waals surface area contributed by atoms with Crippen LogP contribution >= 0.6 is 0 Å². The number of hydrogen-bond acceptors (Lipinski definition) is 4. The van der Waals surface area contributed by atoms with Gasteiger partial charge in [0.2, 0.25) is 0 Å². The molecule has 0 amide bonds. The summed E-state index contributed by atoms with van der Waals surface area (Å²) >= 11 is 0. The lowest BCUT2D eigenvalue weighted by Gasteiger charge is -2.15. The zero-order chi connectivity index (χ0) is 22.5. The van der Waals surface area contributed by atoms with Gasteiger partial charge >= 0.3 is 11.9 Å². The largest absolute Gasteiger partial charge is 0.466 e. The SMILES string of the molecule is CCCCCCCCCCCCCCOC(=O)CCCCC(=O)OC(C)CC(C)C. The Morgan fingerprint density at radius 1 is 0.633 bits per heavy atom. The summed E-state index contributed by atoms with van der Waals surface area (Å²) < 4.78 is 10.7. The molecule has 0 aromatic carbocycles. The van der Waals surface area contributed by atoms with E-state index in [1.165, 1.54) is 64.2 Å². The summed E-state index contributed by atoms with van der Waals surface area (Å²) in [5.41, 5.74) is 0. The predicted molar refractivity (Wildman–Crippen MR) is 126 cm³/mol. The van der Waals surface area contributed by atoms with Gasteiger partial charge in [-0.1, -0.05) is 91.4 Å². The van der Waals surface area contributed by atoms with Gasteiger partial charge in [0, 0.05) is 12.8 Å². The van der Waals surface area contributed by atoms with E-state index in [0.717, 1.165) is 19.3 Å². The van der Waals surface area contributed by atoms with Gasteiger partial charge in [-0.15, -0.1) is 0 Å². The molecule has 0 spiro atoms. The Balaban J connectivity index is 3.35. The lowest BCUT2D eigenvalue weighted by Crippen LogP contribution is -2.16. The quantitative estimate of drug-likeness (QED) is 0.139. The molecule has 0 aliphatic heterocycles. The molecular formula is C26H50O4. The molecule has 0 radical (unpaired) electrons. The predicted octanol–water partition coefficient (Wildman–Crippen LogP) is 7.77. The lowest BCUT2D eigenvalue weighted by molar-refractivity contribution is -0.149. The van der Waals surface area contributed by atoms with Crippen molar-refractivity contribution in [3.8, 4) is 0 Å². The van der Waals surface area contributed by atoms with Crippen molar-refractivity contribution >= 4 is 11.9 Å². The van der Waals surface area contributed by atoms with Gasteiger partial charge in [0.15, 0.2) is 0 Å². The van der Waals surface area contributed by atoms with Crippen LogP contribution in [0.1, 0.15) is 137 Å². The van der Waals surface area contributed by atoms with Crippen molar-refractivity contribution in [2.75, 3.05) is 6.61 Å². The summed E-state index contributed by atoms with van der Waals surface area (Å²) in [5.74, 6) is 0.223. The van der Waals surface area contributed by atoms with Crippen molar-refractivity contribution in [2.24, 2.45) is 5.92 Å².